The monoisotopic (exact) mass is 202 g/mol. The summed E-state index contributed by atoms with van der Waals surface area (Å²) in [7, 11) is 0. The lowest BCUT2D eigenvalue weighted by Gasteiger charge is -1.91. The van der Waals surface area contributed by atoms with Crippen LogP contribution in [0.5, 0.6) is 0 Å². The molecule has 0 aromatic carbocycles. The van der Waals surface area contributed by atoms with Crippen LogP contribution in [0.3, 0.4) is 0 Å². The average molecular weight is 203 g/mol. The van der Waals surface area contributed by atoms with Gasteiger partial charge >= 0.3 is 5.97 Å². The van der Waals surface area contributed by atoms with E-state index in [0.29, 0.717) is 0 Å². The highest BCUT2D eigenvalue weighted by Crippen LogP contribution is 1.83. The summed E-state index contributed by atoms with van der Waals surface area (Å²) in [5, 5.41) is 0.751. The molecular weight excluding hydrogens is 196 g/mol. The number of carbonyl (C=O) groups is 1. The Kier molecular flexibility index (Phi) is 5.89. The lowest BCUT2D eigenvalue weighted by Crippen LogP contribution is -1.99. The number of terminal acetylenes is 1. The van der Waals surface area contributed by atoms with Gasteiger partial charge in [-0.15, -0.1) is 6.42 Å². The van der Waals surface area contributed by atoms with E-state index in [1.165, 1.54) is 0 Å². The molecule has 0 aromatic heterocycles. The summed E-state index contributed by atoms with van der Waals surface area (Å²) in [5.41, 5.74) is 0. The Morgan fingerprint density at radius 3 is 2.90 bits per heavy atom. The quantitative estimate of drug-likeness (QED) is 0.226. The number of rotatable bonds is 3. The van der Waals surface area contributed by atoms with Crippen LogP contribution in [0.2, 0.25) is 0 Å². The molecule has 2 nitrogen and oxygen atoms in total. The van der Waals surface area contributed by atoms with Crippen molar-refractivity contribution in [3.8, 4) is 12.3 Å². The second-order valence-corrected chi connectivity index (χ2v) is 2.02. The van der Waals surface area contributed by atoms with Crippen molar-refractivity contribution in [2.75, 3.05) is 11.9 Å². The maximum absolute atomic E-state index is 10.3. The number of halogens is 1. The summed E-state index contributed by atoms with van der Waals surface area (Å²) < 4.78 is 4.51. The third-order valence-electron chi connectivity index (χ3n) is 0.684. The molecule has 0 aliphatic rings. The molecule has 54 valence electrons. The smallest absolute Gasteiger partial charge is 0.384 e. The standard InChI is InChI=1S/C7H7BrO2/c1-2-7(9)10-6-4-3-5-8/h1,3-4H,5-6H2/b4-3+. The molecule has 0 amide bonds. The molecule has 0 aliphatic heterocycles. The van der Waals surface area contributed by atoms with E-state index < -0.39 is 5.97 Å². The molecule has 0 atom stereocenters. The van der Waals surface area contributed by atoms with Gasteiger partial charge in [0.1, 0.15) is 6.61 Å². The van der Waals surface area contributed by atoms with Gasteiger partial charge in [-0.3, -0.25) is 0 Å². The van der Waals surface area contributed by atoms with Crippen LogP contribution in [-0.4, -0.2) is 17.9 Å². The van der Waals surface area contributed by atoms with E-state index in [4.69, 9.17) is 6.42 Å². The van der Waals surface area contributed by atoms with Crippen LogP contribution in [0, 0.1) is 12.3 Å². The minimum absolute atomic E-state index is 0.245. The van der Waals surface area contributed by atoms with E-state index in [-0.39, 0.29) is 6.61 Å². The van der Waals surface area contributed by atoms with Crippen LogP contribution < -0.4 is 0 Å². The SMILES string of the molecule is C#CC(=O)OC/C=C/CBr. The van der Waals surface area contributed by atoms with Crippen LogP contribution in [0.25, 0.3) is 0 Å². The zero-order chi connectivity index (χ0) is 7.82. The Morgan fingerprint density at radius 2 is 2.40 bits per heavy atom. The molecule has 0 fully saturated rings. The number of hydrogen-bond donors (Lipinski definition) is 0. The van der Waals surface area contributed by atoms with Gasteiger partial charge in [0.2, 0.25) is 0 Å². The summed E-state index contributed by atoms with van der Waals surface area (Å²) in [6.07, 6.45) is 8.26. The number of ether oxygens (including phenoxy) is 1. The van der Waals surface area contributed by atoms with Gasteiger partial charge in [0.15, 0.2) is 0 Å². The van der Waals surface area contributed by atoms with Gasteiger partial charge in [-0.25, -0.2) is 4.79 Å². The van der Waals surface area contributed by atoms with E-state index in [9.17, 15) is 4.79 Å². The first-order chi connectivity index (χ1) is 4.81. The fourth-order valence-corrected chi connectivity index (χ4v) is 0.561. The van der Waals surface area contributed by atoms with E-state index >= 15 is 0 Å². The highest BCUT2D eigenvalue weighted by molar-refractivity contribution is 9.09. The van der Waals surface area contributed by atoms with Crippen molar-refractivity contribution in [1.82, 2.24) is 0 Å². The van der Waals surface area contributed by atoms with Crippen LogP contribution in [0.15, 0.2) is 12.2 Å². The summed E-state index contributed by atoms with van der Waals surface area (Å²) in [6.45, 7) is 0.245. The zero-order valence-electron chi connectivity index (χ0n) is 5.34. The maximum atomic E-state index is 10.3. The van der Waals surface area contributed by atoms with Crippen LogP contribution >= 0.6 is 15.9 Å². The van der Waals surface area contributed by atoms with E-state index in [0.717, 1.165) is 5.33 Å². The summed E-state index contributed by atoms with van der Waals surface area (Å²) in [4.78, 5) is 10.3. The predicted molar refractivity (Wildman–Crippen MR) is 42.7 cm³/mol. The van der Waals surface area contributed by atoms with E-state index in [2.05, 4.69) is 20.7 Å². The molecular formula is C7H7BrO2. The highest BCUT2D eigenvalue weighted by atomic mass is 79.9. The van der Waals surface area contributed by atoms with Crippen LogP contribution in [0.4, 0.5) is 0 Å². The van der Waals surface area contributed by atoms with Crippen molar-refractivity contribution in [2.45, 2.75) is 0 Å². The Hall–Kier alpha value is -0.750. The lowest BCUT2D eigenvalue weighted by molar-refractivity contribution is -0.135. The topological polar surface area (TPSA) is 26.3 Å². The Labute approximate surface area is 68.4 Å². The van der Waals surface area contributed by atoms with Crippen molar-refractivity contribution in [3.63, 3.8) is 0 Å². The third kappa shape index (κ3) is 5.39. The number of alkyl halides is 1. The lowest BCUT2D eigenvalue weighted by atomic mass is 10.5. The third-order valence-corrected chi connectivity index (χ3v) is 1.06. The molecule has 0 rings (SSSR count). The summed E-state index contributed by atoms with van der Waals surface area (Å²) in [6, 6.07) is 0. The Morgan fingerprint density at radius 1 is 1.70 bits per heavy atom. The molecule has 0 bridgehead atoms. The molecule has 0 N–H and O–H groups in total. The zero-order valence-corrected chi connectivity index (χ0v) is 6.93. The molecule has 0 heterocycles. The Balaban J connectivity index is 3.30. The maximum Gasteiger partial charge on any atom is 0.384 e. The van der Waals surface area contributed by atoms with Crippen LogP contribution in [-0.2, 0) is 9.53 Å². The van der Waals surface area contributed by atoms with E-state index in [1.807, 2.05) is 12.0 Å². The molecule has 3 heteroatoms. The molecule has 0 radical (unpaired) electrons. The summed E-state index contributed by atoms with van der Waals surface area (Å²) in [5.74, 6) is 1.21. The summed E-state index contributed by atoms with van der Waals surface area (Å²) >= 11 is 3.17. The molecule has 10 heavy (non-hydrogen) atoms. The van der Waals surface area contributed by atoms with Gasteiger partial charge in [-0.1, -0.05) is 28.1 Å². The fourth-order valence-electron chi connectivity index (χ4n) is 0.297. The number of esters is 1. The molecule has 0 saturated heterocycles. The molecule has 0 aliphatic carbocycles. The minimum Gasteiger partial charge on any atom is -0.452 e. The van der Waals surface area contributed by atoms with Crippen molar-refractivity contribution >= 4 is 21.9 Å². The van der Waals surface area contributed by atoms with E-state index in [1.54, 1.807) is 6.08 Å². The van der Waals surface area contributed by atoms with Gasteiger partial charge in [0.05, 0.1) is 0 Å². The van der Waals surface area contributed by atoms with Gasteiger partial charge in [0.25, 0.3) is 0 Å². The number of allylic oxidation sites excluding steroid dienone is 1. The predicted octanol–water partition coefficient (Wildman–Crippen LogP) is 1.11. The van der Waals surface area contributed by atoms with Gasteiger partial charge < -0.3 is 4.74 Å². The molecule has 0 saturated carbocycles. The minimum atomic E-state index is -0.626. The number of hydrogen-bond acceptors (Lipinski definition) is 2. The first kappa shape index (κ1) is 9.25. The Bertz CT molecular complexity index is 167. The van der Waals surface area contributed by atoms with Crippen molar-refractivity contribution in [2.24, 2.45) is 0 Å². The molecule has 0 aromatic rings. The second-order valence-electron chi connectivity index (χ2n) is 1.37. The normalized spacial score (nSPS) is 9.20. The van der Waals surface area contributed by atoms with Gasteiger partial charge in [-0.05, 0) is 0 Å². The molecule has 0 spiro atoms. The first-order valence-corrected chi connectivity index (χ1v) is 3.77. The highest BCUT2D eigenvalue weighted by Gasteiger charge is 1.89. The van der Waals surface area contributed by atoms with Gasteiger partial charge in [-0.2, -0.15) is 0 Å². The molecule has 0 unspecified atom stereocenters. The number of carbonyl (C=O) groups excluding carboxylic acids is 1. The van der Waals surface area contributed by atoms with Crippen molar-refractivity contribution < 1.29 is 9.53 Å². The fraction of sp³-hybridized carbons (Fsp3) is 0.286. The van der Waals surface area contributed by atoms with Gasteiger partial charge in [0, 0.05) is 11.3 Å². The van der Waals surface area contributed by atoms with Crippen molar-refractivity contribution in [1.29, 1.82) is 0 Å². The van der Waals surface area contributed by atoms with Crippen molar-refractivity contribution in [3.05, 3.63) is 12.2 Å². The average Bonchev–Trinajstić information content (AvgIpc) is 1.98. The largest absolute Gasteiger partial charge is 0.452 e. The first-order valence-electron chi connectivity index (χ1n) is 2.65. The second kappa shape index (κ2) is 6.37. The van der Waals surface area contributed by atoms with Crippen LogP contribution in [0.1, 0.15) is 0 Å².